The van der Waals surface area contributed by atoms with Gasteiger partial charge in [0.2, 0.25) is 0 Å². The molecule has 122 valence electrons. The summed E-state index contributed by atoms with van der Waals surface area (Å²) in [4.78, 5) is 13.5. The van der Waals surface area contributed by atoms with E-state index in [9.17, 15) is 9.90 Å². The Balaban J connectivity index is 2.06. The van der Waals surface area contributed by atoms with E-state index in [4.69, 9.17) is 9.47 Å². The van der Waals surface area contributed by atoms with Crippen molar-refractivity contribution in [2.24, 2.45) is 5.41 Å². The summed E-state index contributed by atoms with van der Waals surface area (Å²) in [5.41, 5.74) is 0.482. The quantitative estimate of drug-likeness (QED) is 0.839. The summed E-state index contributed by atoms with van der Waals surface area (Å²) in [6.45, 7) is 6.65. The fourth-order valence-electron chi connectivity index (χ4n) is 2.77. The molecule has 0 aromatic heterocycles. The Kier molecular flexibility index (Phi) is 5.29. The molecule has 0 spiro atoms. The van der Waals surface area contributed by atoms with Crippen LogP contribution in [0.1, 0.15) is 32.3 Å². The van der Waals surface area contributed by atoms with E-state index < -0.39 is 11.4 Å². The van der Waals surface area contributed by atoms with Crippen molar-refractivity contribution in [1.29, 1.82) is 0 Å². The van der Waals surface area contributed by atoms with Crippen LogP contribution in [0.3, 0.4) is 0 Å². The fourth-order valence-corrected chi connectivity index (χ4v) is 2.77. The molecule has 1 aliphatic heterocycles. The zero-order valence-corrected chi connectivity index (χ0v) is 13.6. The number of aliphatic carboxylic acids is 1. The largest absolute Gasteiger partial charge is 0.493 e. The van der Waals surface area contributed by atoms with E-state index in [-0.39, 0.29) is 0 Å². The van der Waals surface area contributed by atoms with E-state index in [2.05, 4.69) is 11.8 Å². The molecule has 22 heavy (non-hydrogen) atoms. The second-order valence-electron chi connectivity index (χ2n) is 6.16. The first kappa shape index (κ1) is 16.6. The van der Waals surface area contributed by atoms with E-state index >= 15 is 0 Å². The molecule has 5 heteroatoms. The molecule has 0 amide bonds. The second-order valence-corrected chi connectivity index (χ2v) is 6.16. The molecular formula is C17H25NO4. The molecule has 0 aliphatic carbocycles. The molecule has 5 nitrogen and oxygen atoms in total. The smallest absolute Gasteiger partial charge is 0.310 e. The van der Waals surface area contributed by atoms with Crippen LogP contribution in [-0.2, 0) is 11.3 Å². The Hall–Kier alpha value is -1.75. The minimum Gasteiger partial charge on any atom is -0.493 e. The van der Waals surface area contributed by atoms with Crippen molar-refractivity contribution >= 4 is 5.97 Å². The Labute approximate surface area is 131 Å². The third kappa shape index (κ3) is 3.71. The van der Waals surface area contributed by atoms with Gasteiger partial charge >= 0.3 is 5.97 Å². The lowest BCUT2D eigenvalue weighted by molar-refractivity contribution is -0.147. The highest BCUT2D eigenvalue weighted by atomic mass is 16.5. The predicted octanol–water partition coefficient (Wildman–Crippen LogP) is 2.78. The maximum absolute atomic E-state index is 11.3. The topological polar surface area (TPSA) is 59.0 Å². The van der Waals surface area contributed by atoms with Crippen molar-refractivity contribution in [1.82, 2.24) is 4.90 Å². The minimum atomic E-state index is -0.711. The van der Waals surface area contributed by atoms with Gasteiger partial charge in [-0.2, -0.15) is 0 Å². The van der Waals surface area contributed by atoms with Gasteiger partial charge < -0.3 is 14.6 Å². The highest BCUT2D eigenvalue weighted by Crippen LogP contribution is 2.33. The lowest BCUT2D eigenvalue weighted by atomic mass is 9.90. The van der Waals surface area contributed by atoms with Crippen molar-refractivity contribution < 1.29 is 19.4 Å². The van der Waals surface area contributed by atoms with Gasteiger partial charge in [0.1, 0.15) is 0 Å². The number of benzene rings is 1. The summed E-state index contributed by atoms with van der Waals surface area (Å²) in [7, 11) is 1.63. The van der Waals surface area contributed by atoms with Crippen LogP contribution in [0.25, 0.3) is 0 Å². The van der Waals surface area contributed by atoms with E-state index in [1.54, 1.807) is 7.11 Å². The highest BCUT2D eigenvalue weighted by Gasteiger charge is 2.40. The van der Waals surface area contributed by atoms with E-state index in [1.165, 1.54) is 0 Å². The maximum Gasteiger partial charge on any atom is 0.310 e. The third-order valence-electron chi connectivity index (χ3n) is 4.16. The zero-order chi connectivity index (χ0) is 16.2. The molecule has 1 aromatic rings. The van der Waals surface area contributed by atoms with Gasteiger partial charge in [0.25, 0.3) is 0 Å². The molecule has 0 saturated carbocycles. The molecule has 0 bridgehead atoms. The van der Waals surface area contributed by atoms with Crippen LogP contribution in [0.4, 0.5) is 0 Å². The number of carboxylic acids is 1. The lowest BCUT2D eigenvalue weighted by Gasteiger charge is -2.20. The Bertz CT molecular complexity index is 531. The summed E-state index contributed by atoms with van der Waals surface area (Å²) >= 11 is 0. The van der Waals surface area contributed by atoms with Gasteiger partial charge in [-0.05, 0) is 44.0 Å². The number of likely N-dealkylation sites (tertiary alicyclic amines) is 1. The fraction of sp³-hybridized carbons (Fsp3) is 0.588. The van der Waals surface area contributed by atoms with E-state index in [0.717, 1.165) is 36.6 Å². The van der Waals surface area contributed by atoms with Crippen LogP contribution in [0.15, 0.2) is 18.2 Å². The van der Waals surface area contributed by atoms with Crippen LogP contribution in [0.2, 0.25) is 0 Å². The van der Waals surface area contributed by atoms with Crippen LogP contribution in [0, 0.1) is 5.41 Å². The molecule has 1 aromatic carbocycles. The number of nitrogens with zero attached hydrogens (tertiary/aromatic N) is 1. The van der Waals surface area contributed by atoms with Crippen molar-refractivity contribution in [3.8, 4) is 11.5 Å². The molecule has 2 rings (SSSR count). The number of carboxylic acid groups (broad SMARTS) is 1. The zero-order valence-electron chi connectivity index (χ0n) is 13.6. The average molecular weight is 307 g/mol. The summed E-state index contributed by atoms with van der Waals surface area (Å²) in [6.07, 6.45) is 1.63. The summed E-state index contributed by atoms with van der Waals surface area (Å²) in [5, 5.41) is 9.30. The van der Waals surface area contributed by atoms with Crippen molar-refractivity contribution in [2.75, 3.05) is 26.8 Å². The van der Waals surface area contributed by atoms with Gasteiger partial charge in [-0.3, -0.25) is 9.69 Å². The number of methoxy groups -OCH3 is 1. The Morgan fingerprint density at radius 1 is 1.41 bits per heavy atom. The molecule has 1 unspecified atom stereocenters. The van der Waals surface area contributed by atoms with Gasteiger partial charge in [-0.1, -0.05) is 13.0 Å². The molecule has 0 radical (unpaired) electrons. The first-order valence-corrected chi connectivity index (χ1v) is 7.74. The highest BCUT2D eigenvalue weighted by molar-refractivity contribution is 5.74. The number of hydrogen-bond acceptors (Lipinski definition) is 4. The van der Waals surface area contributed by atoms with Gasteiger partial charge in [-0.25, -0.2) is 0 Å². The van der Waals surface area contributed by atoms with Crippen LogP contribution >= 0.6 is 0 Å². The first-order chi connectivity index (χ1) is 10.5. The average Bonchev–Trinajstić information content (AvgIpc) is 2.88. The minimum absolute atomic E-state index is 0.583. The van der Waals surface area contributed by atoms with Crippen molar-refractivity contribution in [3.05, 3.63) is 23.8 Å². The van der Waals surface area contributed by atoms with Gasteiger partial charge in [0.15, 0.2) is 11.5 Å². The normalized spacial score (nSPS) is 21.8. The van der Waals surface area contributed by atoms with Gasteiger partial charge in [0, 0.05) is 13.1 Å². The molecule has 1 saturated heterocycles. The number of hydrogen-bond donors (Lipinski definition) is 1. The van der Waals surface area contributed by atoms with Gasteiger partial charge in [0.05, 0.1) is 19.1 Å². The molecule has 1 aliphatic rings. The van der Waals surface area contributed by atoms with Crippen molar-refractivity contribution in [2.45, 2.75) is 33.2 Å². The van der Waals surface area contributed by atoms with E-state index in [1.807, 2.05) is 25.1 Å². The number of rotatable bonds is 7. The third-order valence-corrected chi connectivity index (χ3v) is 4.16. The summed E-state index contributed by atoms with van der Waals surface area (Å²) in [6, 6.07) is 5.91. The van der Waals surface area contributed by atoms with Gasteiger partial charge in [-0.15, -0.1) is 0 Å². The molecular weight excluding hydrogens is 282 g/mol. The van der Waals surface area contributed by atoms with Crippen LogP contribution in [-0.4, -0.2) is 42.8 Å². The second kappa shape index (κ2) is 7.01. The summed E-state index contributed by atoms with van der Waals surface area (Å²) in [5.74, 6) is 0.771. The lowest BCUT2D eigenvalue weighted by Crippen LogP contribution is -2.31. The maximum atomic E-state index is 11.3. The monoisotopic (exact) mass is 307 g/mol. The Morgan fingerprint density at radius 2 is 2.18 bits per heavy atom. The van der Waals surface area contributed by atoms with Crippen LogP contribution < -0.4 is 9.47 Å². The summed E-state index contributed by atoms with van der Waals surface area (Å²) < 4.78 is 11.0. The predicted molar refractivity (Wildman–Crippen MR) is 84.4 cm³/mol. The molecule has 1 atom stereocenters. The molecule has 1 heterocycles. The number of ether oxygens (including phenoxy) is 2. The Morgan fingerprint density at radius 3 is 2.77 bits per heavy atom. The molecule has 1 N–H and O–H groups in total. The first-order valence-electron chi connectivity index (χ1n) is 7.74. The van der Waals surface area contributed by atoms with E-state index in [0.29, 0.717) is 19.6 Å². The molecule has 1 fully saturated rings. The van der Waals surface area contributed by atoms with Crippen LogP contribution in [0.5, 0.6) is 11.5 Å². The standard InChI is InChI=1S/C17H25NO4/c1-4-9-22-15-10-13(5-6-14(15)21-3)11-18-8-7-17(2,12-18)16(19)20/h5-6,10H,4,7-9,11-12H2,1-3H3,(H,19,20). The number of carbonyl (C=O) groups is 1. The SMILES string of the molecule is CCCOc1cc(CN2CCC(C)(C(=O)O)C2)ccc1OC. The van der Waals surface area contributed by atoms with Crippen molar-refractivity contribution in [3.63, 3.8) is 0 Å².